The predicted molar refractivity (Wildman–Crippen MR) is 229 cm³/mol. The van der Waals surface area contributed by atoms with Gasteiger partial charge in [-0.3, -0.25) is 0 Å². The average molecular weight is 695 g/mol. The van der Waals surface area contributed by atoms with E-state index in [4.69, 9.17) is 0 Å². The Hall–Kier alpha value is -6.38. The molecule has 0 amide bonds. The van der Waals surface area contributed by atoms with E-state index in [-0.39, 0.29) is 5.41 Å². The van der Waals surface area contributed by atoms with Gasteiger partial charge < -0.3 is 9.47 Å². The molecule has 0 spiro atoms. The van der Waals surface area contributed by atoms with Gasteiger partial charge >= 0.3 is 0 Å². The summed E-state index contributed by atoms with van der Waals surface area (Å²) < 4.78 is 2.39. The van der Waals surface area contributed by atoms with E-state index in [0.29, 0.717) is 5.92 Å². The Balaban J connectivity index is 1.17. The SMILES string of the molecule is CC1CC(c2ccccc2)=CC=C1N(c1ccc2c(c1)C(C)(C)c1ccccc1-2)c1ccccc1-c1ccc2c(c1)c1ccccc1n2-c1ccccc1. The molecule has 2 aliphatic rings. The molecule has 2 nitrogen and oxygen atoms in total. The van der Waals surface area contributed by atoms with Crippen LogP contribution < -0.4 is 4.90 Å². The highest BCUT2D eigenvalue weighted by molar-refractivity contribution is 6.11. The monoisotopic (exact) mass is 694 g/mol. The zero-order valence-corrected chi connectivity index (χ0v) is 31.0. The van der Waals surface area contributed by atoms with Crippen LogP contribution in [0, 0.1) is 5.92 Å². The zero-order chi connectivity index (χ0) is 36.4. The highest BCUT2D eigenvalue weighted by Crippen LogP contribution is 2.51. The molecule has 0 saturated heterocycles. The summed E-state index contributed by atoms with van der Waals surface area (Å²) in [6.45, 7) is 7.13. The van der Waals surface area contributed by atoms with Crippen LogP contribution >= 0.6 is 0 Å². The molecule has 0 N–H and O–H groups in total. The van der Waals surface area contributed by atoms with Crippen LogP contribution in [0.4, 0.5) is 11.4 Å². The quantitative estimate of drug-likeness (QED) is 0.168. The molecular weight excluding hydrogens is 653 g/mol. The lowest BCUT2D eigenvalue weighted by atomic mass is 9.82. The molecule has 1 unspecified atom stereocenters. The highest BCUT2D eigenvalue weighted by Gasteiger charge is 2.36. The van der Waals surface area contributed by atoms with Crippen LogP contribution in [-0.2, 0) is 5.41 Å². The van der Waals surface area contributed by atoms with Gasteiger partial charge in [-0.15, -0.1) is 0 Å². The third kappa shape index (κ3) is 5.09. The first kappa shape index (κ1) is 32.3. The molecule has 54 heavy (non-hydrogen) atoms. The number of hydrogen-bond acceptors (Lipinski definition) is 1. The van der Waals surface area contributed by atoms with Gasteiger partial charge in [-0.1, -0.05) is 148 Å². The molecular formula is C52H42N2. The number of fused-ring (bicyclic) bond motifs is 6. The van der Waals surface area contributed by atoms with Crippen molar-refractivity contribution in [2.24, 2.45) is 5.92 Å². The molecule has 7 aromatic carbocycles. The van der Waals surface area contributed by atoms with E-state index < -0.39 is 0 Å². The second-order valence-corrected chi connectivity index (χ2v) is 15.4. The molecule has 0 aliphatic heterocycles. The highest BCUT2D eigenvalue weighted by atomic mass is 15.2. The smallest absolute Gasteiger partial charge is 0.0541 e. The fraction of sp³-hybridized carbons (Fsp3) is 0.115. The second-order valence-electron chi connectivity index (χ2n) is 15.4. The number of hydrogen-bond donors (Lipinski definition) is 0. The number of benzene rings is 7. The molecule has 1 atom stereocenters. The zero-order valence-electron chi connectivity index (χ0n) is 31.0. The molecule has 260 valence electrons. The second kappa shape index (κ2) is 12.6. The molecule has 0 bridgehead atoms. The van der Waals surface area contributed by atoms with Gasteiger partial charge in [0.25, 0.3) is 0 Å². The number of para-hydroxylation sites is 3. The van der Waals surface area contributed by atoms with Crippen molar-refractivity contribution in [3.8, 4) is 27.9 Å². The van der Waals surface area contributed by atoms with Gasteiger partial charge in [0, 0.05) is 44.7 Å². The van der Waals surface area contributed by atoms with Gasteiger partial charge in [0.2, 0.25) is 0 Å². The molecule has 0 saturated carbocycles. The number of anilines is 2. The third-order valence-electron chi connectivity index (χ3n) is 11.9. The summed E-state index contributed by atoms with van der Waals surface area (Å²) >= 11 is 0. The van der Waals surface area contributed by atoms with E-state index in [2.05, 4.69) is 212 Å². The van der Waals surface area contributed by atoms with Gasteiger partial charge in [0.05, 0.1) is 16.7 Å². The molecule has 8 aromatic rings. The third-order valence-corrected chi connectivity index (χ3v) is 11.9. The lowest BCUT2D eigenvalue weighted by molar-refractivity contribution is 0.658. The fourth-order valence-electron chi connectivity index (χ4n) is 9.18. The van der Waals surface area contributed by atoms with E-state index >= 15 is 0 Å². The van der Waals surface area contributed by atoms with Crippen LogP contribution in [0.1, 0.15) is 43.9 Å². The van der Waals surface area contributed by atoms with Crippen molar-refractivity contribution in [1.82, 2.24) is 4.57 Å². The van der Waals surface area contributed by atoms with Crippen molar-refractivity contribution >= 4 is 38.8 Å². The van der Waals surface area contributed by atoms with Gasteiger partial charge in [0.15, 0.2) is 0 Å². The Labute approximate surface area is 318 Å². The topological polar surface area (TPSA) is 8.17 Å². The Bertz CT molecular complexity index is 2780. The van der Waals surface area contributed by atoms with Crippen LogP contribution in [0.25, 0.3) is 55.3 Å². The van der Waals surface area contributed by atoms with E-state index in [1.807, 2.05) is 0 Å². The first-order valence-electron chi connectivity index (χ1n) is 19.2. The summed E-state index contributed by atoms with van der Waals surface area (Å²) in [5.41, 5.74) is 17.7. The number of allylic oxidation sites excluding steroid dienone is 4. The minimum atomic E-state index is -0.0991. The molecule has 2 heteroatoms. The molecule has 10 rings (SSSR count). The lowest BCUT2D eigenvalue weighted by Crippen LogP contribution is -2.24. The first-order valence-corrected chi connectivity index (χ1v) is 19.2. The van der Waals surface area contributed by atoms with Crippen molar-refractivity contribution in [2.75, 3.05) is 4.90 Å². The maximum Gasteiger partial charge on any atom is 0.0541 e. The molecule has 0 fully saturated rings. The van der Waals surface area contributed by atoms with Gasteiger partial charge in [-0.2, -0.15) is 0 Å². The van der Waals surface area contributed by atoms with Crippen molar-refractivity contribution in [3.63, 3.8) is 0 Å². The summed E-state index contributed by atoms with van der Waals surface area (Å²) in [6.07, 6.45) is 5.69. The van der Waals surface area contributed by atoms with Crippen LogP contribution in [0.15, 0.2) is 188 Å². The summed E-state index contributed by atoms with van der Waals surface area (Å²) in [4.78, 5) is 2.55. The number of rotatable bonds is 6. The minimum absolute atomic E-state index is 0.0991. The van der Waals surface area contributed by atoms with E-state index in [0.717, 1.165) is 6.42 Å². The molecule has 1 heterocycles. The molecule has 1 aromatic heterocycles. The summed E-state index contributed by atoms with van der Waals surface area (Å²) in [6, 6.07) is 62.4. The van der Waals surface area contributed by atoms with Crippen molar-refractivity contribution in [2.45, 2.75) is 32.6 Å². The van der Waals surface area contributed by atoms with E-state index in [1.165, 1.54) is 89.1 Å². The summed E-state index contributed by atoms with van der Waals surface area (Å²) in [7, 11) is 0. The largest absolute Gasteiger partial charge is 0.313 e. The Kier molecular flexibility index (Phi) is 7.56. The Morgan fingerprint density at radius 1 is 0.537 bits per heavy atom. The number of aromatic nitrogens is 1. The van der Waals surface area contributed by atoms with Crippen molar-refractivity contribution in [1.29, 1.82) is 0 Å². The Morgan fingerprint density at radius 2 is 1.20 bits per heavy atom. The van der Waals surface area contributed by atoms with Crippen molar-refractivity contribution < 1.29 is 0 Å². The normalized spacial score (nSPS) is 15.8. The van der Waals surface area contributed by atoms with Gasteiger partial charge in [-0.05, 0) is 100.0 Å². The lowest BCUT2D eigenvalue weighted by Gasteiger charge is -2.35. The molecule has 2 aliphatic carbocycles. The van der Waals surface area contributed by atoms with Crippen LogP contribution in [0.3, 0.4) is 0 Å². The standard InChI is InChI=1S/C52H42N2/c1-35-32-37(36-16-6-4-7-17-36)26-30-48(35)54(40-28-29-43-42-21-10-13-23-46(42)52(2,3)47(43)34-40)49-24-14-11-20-41(49)38-27-31-51-45(33-38)44-22-12-15-25-50(44)53(51)39-18-8-5-9-19-39/h4-31,33-35H,32H2,1-3H3. The average Bonchev–Trinajstić information content (AvgIpc) is 3.67. The maximum atomic E-state index is 2.55. The summed E-state index contributed by atoms with van der Waals surface area (Å²) in [5.74, 6) is 0.294. The van der Waals surface area contributed by atoms with Crippen LogP contribution in [0.5, 0.6) is 0 Å². The molecule has 0 radical (unpaired) electrons. The van der Waals surface area contributed by atoms with Gasteiger partial charge in [-0.25, -0.2) is 0 Å². The van der Waals surface area contributed by atoms with Crippen LogP contribution in [-0.4, -0.2) is 4.57 Å². The van der Waals surface area contributed by atoms with E-state index in [9.17, 15) is 0 Å². The van der Waals surface area contributed by atoms with Crippen LogP contribution in [0.2, 0.25) is 0 Å². The maximum absolute atomic E-state index is 2.55. The first-order chi connectivity index (χ1) is 26.5. The summed E-state index contributed by atoms with van der Waals surface area (Å²) in [5, 5.41) is 2.51. The predicted octanol–water partition coefficient (Wildman–Crippen LogP) is 13.9. The van der Waals surface area contributed by atoms with Gasteiger partial charge in [0.1, 0.15) is 0 Å². The minimum Gasteiger partial charge on any atom is -0.313 e. The number of nitrogens with zero attached hydrogens (tertiary/aromatic N) is 2. The Morgan fingerprint density at radius 3 is 2.02 bits per heavy atom. The fourth-order valence-corrected chi connectivity index (χ4v) is 9.18. The van der Waals surface area contributed by atoms with E-state index in [1.54, 1.807) is 0 Å². The van der Waals surface area contributed by atoms with Crippen molar-refractivity contribution in [3.05, 3.63) is 204 Å².